The van der Waals surface area contributed by atoms with Crippen LogP contribution >= 0.6 is 0 Å². The zero-order valence-corrected chi connectivity index (χ0v) is 9.26. The quantitative estimate of drug-likeness (QED) is 0.599. The molecule has 3 heteroatoms. The molecule has 13 heavy (non-hydrogen) atoms. The lowest BCUT2D eigenvalue weighted by Gasteiger charge is -2.31. The molecule has 0 spiro atoms. The molecule has 0 fully saturated rings. The van der Waals surface area contributed by atoms with Crippen LogP contribution in [0.1, 0.15) is 40.0 Å². The maximum atomic E-state index is 9.18. The Morgan fingerprint density at radius 3 is 2.46 bits per heavy atom. The minimum absolute atomic E-state index is 0.0856. The first kappa shape index (κ1) is 12.9. The molecule has 0 aromatic rings. The molecule has 0 aromatic heterocycles. The molecule has 80 valence electrons. The molecule has 0 aliphatic rings. The minimum Gasteiger partial charge on any atom is -0.396 e. The average Bonchev–Trinajstić information content (AvgIpc) is 2.12. The molecule has 3 nitrogen and oxygen atoms in total. The van der Waals surface area contributed by atoms with Crippen molar-refractivity contribution in [1.29, 1.82) is 0 Å². The van der Waals surface area contributed by atoms with Crippen LogP contribution in [0.25, 0.3) is 0 Å². The lowest BCUT2D eigenvalue weighted by atomic mass is 9.85. The van der Waals surface area contributed by atoms with Crippen LogP contribution in [0.15, 0.2) is 0 Å². The van der Waals surface area contributed by atoms with E-state index < -0.39 is 0 Å². The summed E-state index contributed by atoms with van der Waals surface area (Å²) in [5, 5.41) is 9.18. The average molecular weight is 189 g/mol. The van der Waals surface area contributed by atoms with Crippen molar-refractivity contribution in [2.45, 2.75) is 46.1 Å². The summed E-state index contributed by atoms with van der Waals surface area (Å²) in [6, 6.07) is 0. The normalized spacial score (nSPS) is 14.5. The van der Waals surface area contributed by atoms with Crippen LogP contribution in [-0.4, -0.2) is 24.9 Å². The van der Waals surface area contributed by atoms with Gasteiger partial charge < -0.3 is 5.11 Å². The molecule has 1 atom stereocenters. The van der Waals surface area contributed by atoms with Gasteiger partial charge in [-0.1, -0.05) is 33.6 Å². The smallest absolute Gasteiger partial charge is 0.0862 e. The van der Waals surface area contributed by atoms with E-state index in [-0.39, 0.29) is 18.1 Å². The highest BCUT2D eigenvalue weighted by atomic mass is 16.7. The maximum absolute atomic E-state index is 9.18. The van der Waals surface area contributed by atoms with Crippen molar-refractivity contribution in [2.24, 2.45) is 5.41 Å². The Kier molecular flexibility index (Phi) is 6.29. The predicted molar refractivity (Wildman–Crippen MR) is 54.3 cm³/mol. The van der Waals surface area contributed by atoms with Crippen LogP contribution in [-0.2, 0) is 4.84 Å². The van der Waals surface area contributed by atoms with Crippen molar-refractivity contribution in [3.8, 4) is 0 Å². The summed E-state index contributed by atoms with van der Waals surface area (Å²) < 4.78 is 0. The first-order valence-corrected chi connectivity index (χ1v) is 5.01. The van der Waals surface area contributed by atoms with E-state index in [4.69, 9.17) is 4.84 Å². The number of nitrogens with one attached hydrogen (secondary N) is 1. The van der Waals surface area contributed by atoms with Gasteiger partial charge in [0.25, 0.3) is 0 Å². The van der Waals surface area contributed by atoms with Gasteiger partial charge in [0, 0.05) is 12.5 Å². The van der Waals surface area contributed by atoms with Crippen molar-refractivity contribution in [3.63, 3.8) is 0 Å². The fourth-order valence-electron chi connectivity index (χ4n) is 1.24. The summed E-state index contributed by atoms with van der Waals surface area (Å²) >= 11 is 0. The summed E-state index contributed by atoms with van der Waals surface area (Å²) in [6.07, 6.45) is 3.37. The highest BCUT2D eigenvalue weighted by molar-refractivity contribution is 4.77. The highest BCUT2D eigenvalue weighted by Crippen LogP contribution is 2.25. The third-order valence-corrected chi connectivity index (χ3v) is 2.36. The van der Waals surface area contributed by atoms with E-state index in [2.05, 4.69) is 12.4 Å². The van der Waals surface area contributed by atoms with E-state index in [1.165, 1.54) is 0 Å². The van der Waals surface area contributed by atoms with Crippen LogP contribution in [0, 0.1) is 5.41 Å². The standard InChI is InChI=1S/C10H23NO2/c1-5-6-7-9(13-11-4)10(2,3)8-12/h9,11-12H,5-8H2,1-4H3. The Balaban J connectivity index is 4.05. The molecule has 0 aliphatic heterocycles. The van der Waals surface area contributed by atoms with Gasteiger partial charge >= 0.3 is 0 Å². The molecular weight excluding hydrogens is 166 g/mol. The van der Waals surface area contributed by atoms with Crippen LogP contribution < -0.4 is 5.48 Å². The number of hydrogen-bond donors (Lipinski definition) is 2. The van der Waals surface area contributed by atoms with Crippen molar-refractivity contribution in [3.05, 3.63) is 0 Å². The van der Waals surface area contributed by atoms with Crippen LogP contribution in [0.4, 0.5) is 0 Å². The summed E-state index contributed by atoms with van der Waals surface area (Å²) in [6.45, 7) is 6.35. The molecule has 0 heterocycles. The van der Waals surface area contributed by atoms with Gasteiger partial charge in [-0.25, -0.2) is 5.48 Å². The minimum atomic E-state index is -0.168. The predicted octanol–water partition coefficient (Wildman–Crippen LogP) is 1.71. The first-order chi connectivity index (χ1) is 6.08. The monoisotopic (exact) mass is 189 g/mol. The molecule has 0 radical (unpaired) electrons. The Hall–Kier alpha value is -0.120. The first-order valence-electron chi connectivity index (χ1n) is 5.01. The van der Waals surface area contributed by atoms with Crippen molar-refractivity contribution in [2.75, 3.05) is 13.7 Å². The molecule has 0 saturated carbocycles. The zero-order chi connectivity index (χ0) is 10.3. The Morgan fingerprint density at radius 2 is 2.08 bits per heavy atom. The lowest BCUT2D eigenvalue weighted by molar-refractivity contribution is -0.0944. The topological polar surface area (TPSA) is 41.5 Å². The second kappa shape index (κ2) is 6.35. The molecular formula is C10H23NO2. The molecule has 0 aromatic carbocycles. The number of hydroxylamine groups is 1. The van der Waals surface area contributed by atoms with Crippen LogP contribution in [0.5, 0.6) is 0 Å². The third kappa shape index (κ3) is 4.60. The molecule has 2 N–H and O–H groups in total. The van der Waals surface area contributed by atoms with E-state index in [0.29, 0.717) is 0 Å². The number of hydrogen-bond acceptors (Lipinski definition) is 3. The number of rotatable bonds is 7. The van der Waals surface area contributed by atoms with E-state index in [1.807, 2.05) is 13.8 Å². The van der Waals surface area contributed by atoms with Gasteiger partial charge in [-0.3, -0.25) is 4.84 Å². The van der Waals surface area contributed by atoms with Gasteiger partial charge in [0.2, 0.25) is 0 Å². The molecule has 0 bridgehead atoms. The van der Waals surface area contributed by atoms with E-state index in [0.717, 1.165) is 19.3 Å². The van der Waals surface area contributed by atoms with Crippen LogP contribution in [0.2, 0.25) is 0 Å². The van der Waals surface area contributed by atoms with Gasteiger partial charge in [0.15, 0.2) is 0 Å². The lowest BCUT2D eigenvalue weighted by Crippen LogP contribution is -2.38. The van der Waals surface area contributed by atoms with Gasteiger partial charge in [-0.15, -0.1) is 0 Å². The number of unbranched alkanes of at least 4 members (excludes halogenated alkanes) is 1. The number of aliphatic hydroxyl groups is 1. The summed E-state index contributed by atoms with van der Waals surface area (Å²) in [5.74, 6) is 0. The van der Waals surface area contributed by atoms with Crippen molar-refractivity contribution < 1.29 is 9.94 Å². The van der Waals surface area contributed by atoms with E-state index >= 15 is 0 Å². The molecule has 1 unspecified atom stereocenters. The SMILES string of the molecule is CCCCC(ONC)C(C)(C)CO. The molecule has 0 saturated heterocycles. The van der Waals surface area contributed by atoms with E-state index in [1.54, 1.807) is 7.05 Å². The third-order valence-electron chi connectivity index (χ3n) is 2.36. The molecule has 0 amide bonds. The van der Waals surface area contributed by atoms with Gasteiger partial charge in [0.1, 0.15) is 0 Å². The summed E-state index contributed by atoms with van der Waals surface area (Å²) in [4.78, 5) is 5.39. The molecule has 0 rings (SSSR count). The largest absolute Gasteiger partial charge is 0.396 e. The Morgan fingerprint density at radius 1 is 1.46 bits per heavy atom. The summed E-state index contributed by atoms with van der Waals surface area (Å²) in [7, 11) is 1.76. The Bertz CT molecular complexity index is 126. The van der Waals surface area contributed by atoms with Crippen molar-refractivity contribution >= 4 is 0 Å². The highest BCUT2D eigenvalue weighted by Gasteiger charge is 2.29. The van der Waals surface area contributed by atoms with E-state index in [9.17, 15) is 5.11 Å². The maximum Gasteiger partial charge on any atom is 0.0862 e. The van der Waals surface area contributed by atoms with Gasteiger partial charge in [-0.05, 0) is 6.42 Å². The second-order valence-electron chi connectivity index (χ2n) is 4.10. The Labute approximate surface area is 81.4 Å². The fourth-order valence-corrected chi connectivity index (χ4v) is 1.24. The zero-order valence-electron chi connectivity index (χ0n) is 9.26. The van der Waals surface area contributed by atoms with Crippen LogP contribution in [0.3, 0.4) is 0 Å². The summed E-state index contributed by atoms with van der Waals surface area (Å²) in [5.41, 5.74) is 2.54. The van der Waals surface area contributed by atoms with Crippen molar-refractivity contribution in [1.82, 2.24) is 5.48 Å². The molecule has 0 aliphatic carbocycles. The van der Waals surface area contributed by atoms with Gasteiger partial charge in [-0.2, -0.15) is 0 Å². The fraction of sp³-hybridized carbons (Fsp3) is 1.00. The van der Waals surface area contributed by atoms with Gasteiger partial charge in [0.05, 0.1) is 12.7 Å². The number of aliphatic hydroxyl groups excluding tert-OH is 1. The second-order valence-corrected chi connectivity index (χ2v) is 4.10.